The quantitative estimate of drug-likeness (QED) is 0.299. The summed E-state index contributed by atoms with van der Waals surface area (Å²) in [4.78, 5) is 58.1. The Balaban J connectivity index is 1.30. The molecule has 3 aliphatic rings. The largest absolute Gasteiger partial charge is 0.432 e. The van der Waals surface area contributed by atoms with Crippen molar-refractivity contribution >= 4 is 37.4 Å². The summed E-state index contributed by atoms with van der Waals surface area (Å²) < 4.78 is 6.87. The van der Waals surface area contributed by atoms with Gasteiger partial charge in [0.1, 0.15) is 0 Å². The number of hydrogen-bond acceptors (Lipinski definition) is 6. The minimum absolute atomic E-state index is 0.0120. The second-order valence-corrected chi connectivity index (χ2v) is 17.6. The second kappa shape index (κ2) is 13.3. The van der Waals surface area contributed by atoms with Gasteiger partial charge in [-0.25, -0.2) is 0 Å². The van der Waals surface area contributed by atoms with Gasteiger partial charge in [-0.2, -0.15) is 0 Å². The lowest BCUT2D eigenvalue weighted by Gasteiger charge is -2.32. The molecule has 3 amide bonds. The van der Waals surface area contributed by atoms with Crippen LogP contribution in [-0.2, 0) is 37.8 Å². The van der Waals surface area contributed by atoms with Gasteiger partial charge in [0.15, 0.2) is 13.9 Å². The zero-order valence-corrected chi connectivity index (χ0v) is 28.5. The predicted octanol–water partition coefficient (Wildman–Crippen LogP) is 4.96. The summed E-state index contributed by atoms with van der Waals surface area (Å²) in [5.41, 5.74) is 2.41. The Kier molecular flexibility index (Phi) is 9.40. The van der Waals surface area contributed by atoms with E-state index in [9.17, 15) is 24.3 Å². The van der Waals surface area contributed by atoms with Gasteiger partial charge in [0, 0.05) is 48.8 Å². The number of amides is 3. The summed E-state index contributed by atoms with van der Waals surface area (Å²) in [5, 5.41) is 9.79. The number of rotatable bonds is 10. The molecule has 10 heteroatoms. The standard InChI is InChI=1S/C37H45N3O6Si/c1-26-35(47(2,3)45)32(23-34(43)38(20-21-41)24-27-12-5-4-6-13-27)46-37(26)30-16-7-8-17-31(30)40(36(37)44)25-28-14-11-15-29(22-28)39-19-10-9-18-33(39)42/h4-8,11-17,22,26,32,35,41,45H,9-10,18-21,23-25H2,1-3H3/t26-,32+,35-,37+/m0/s1. The zero-order valence-electron chi connectivity index (χ0n) is 27.5. The van der Waals surface area contributed by atoms with Gasteiger partial charge in [-0.05, 0) is 55.3 Å². The number of hydrogen-bond donors (Lipinski definition) is 2. The Bertz CT molecular complexity index is 1630. The first-order valence-corrected chi connectivity index (χ1v) is 19.7. The molecule has 1 spiro atoms. The third-order valence-electron chi connectivity index (χ3n) is 10.1. The molecular formula is C37H45N3O6Si. The molecule has 9 nitrogen and oxygen atoms in total. The topological polar surface area (TPSA) is 111 Å². The van der Waals surface area contributed by atoms with Gasteiger partial charge in [0.25, 0.3) is 5.91 Å². The fourth-order valence-corrected chi connectivity index (χ4v) is 10.5. The Labute approximate surface area is 277 Å². The molecule has 0 aromatic heterocycles. The van der Waals surface area contributed by atoms with E-state index in [1.807, 2.05) is 104 Å². The minimum Gasteiger partial charge on any atom is -0.432 e. The van der Waals surface area contributed by atoms with Gasteiger partial charge < -0.3 is 29.3 Å². The van der Waals surface area contributed by atoms with Crippen LogP contribution in [0.2, 0.25) is 18.6 Å². The Hall–Kier alpha value is -3.83. The fraction of sp³-hybridized carbons (Fsp3) is 0.432. The van der Waals surface area contributed by atoms with Gasteiger partial charge in [-0.1, -0.05) is 67.6 Å². The molecule has 4 atom stereocenters. The number of aliphatic hydroxyl groups excluding tert-OH is 1. The van der Waals surface area contributed by atoms with Gasteiger partial charge in [-0.3, -0.25) is 14.4 Å². The highest BCUT2D eigenvalue weighted by molar-refractivity contribution is 6.71. The maximum atomic E-state index is 14.8. The predicted molar refractivity (Wildman–Crippen MR) is 183 cm³/mol. The van der Waals surface area contributed by atoms with Crippen molar-refractivity contribution in [3.8, 4) is 0 Å². The van der Waals surface area contributed by atoms with Crippen LogP contribution in [0.5, 0.6) is 0 Å². The molecule has 2 fully saturated rings. The molecule has 3 aromatic carbocycles. The molecular weight excluding hydrogens is 611 g/mol. The lowest BCUT2D eigenvalue weighted by molar-refractivity contribution is -0.150. The van der Waals surface area contributed by atoms with E-state index in [4.69, 9.17) is 4.74 Å². The summed E-state index contributed by atoms with van der Waals surface area (Å²) in [6.07, 6.45) is 1.71. The summed E-state index contributed by atoms with van der Waals surface area (Å²) >= 11 is 0. The number of ether oxygens (including phenoxy) is 1. The minimum atomic E-state index is -2.97. The molecule has 248 valence electrons. The third-order valence-corrected chi connectivity index (χ3v) is 12.6. The first kappa shape index (κ1) is 33.1. The number of carbonyl (C=O) groups excluding carboxylic acids is 3. The van der Waals surface area contributed by atoms with Crippen LogP contribution < -0.4 is 9.80 Å². The zero-order chi connectivity index (χ0) is 33.3. The molecule has 3 aliphatic heterocycles. The number of para-hydroxylation sites is 1. The molecule has 2 N–H and O–H groups in total. The van der Waals surface area contributed by atoms with Crippen LogP contribution in [0.1, 0.15) is 49.3 Å². The third kappa shape index (κ3) is 6.27. The Morgan fingerprint density at radius 1 is 1.00 bits per heavy atom. The molecule has 0 unspecified atom stereocenters. The van der Waals surface area contributed by atoms with E-state index in [0.29, 0.717) is 26.1 Å². The van der Waals surface area contributed by atoms with Gasteiger partial charge in [-0.15, -0.1) is 0 Å². The molecule has 0 saturated carbocycles. The van der Waals surface area contributed by atoms with E-state index in [2.05, 4.69) is 0 Å². The Morgan fingerprint density at radius 3 is 2.45 bits per heavy atom. The van der Waals surface area contributed by atoms with Crippen molar-refractivity contribution in [2.45, 2.75) is 76.0 Å². The summed E-state index contributed by atoms with van der Waals surface area (Å²) in [6, 6.07) is 25.1. The lowest BCUT2D eigenvalue weighted by atomic mass is 9.82. The maximum absolute atomic E-state index is 14.8. The van der Waals surface area contributed by atoms with Crippen molar-refractivity contribution in [1.82, 2.24) is 4.90 Å². The molecule has 3 aromatic rings. The molecule has 3 heterocycles. The van der Waals surface area contributed by atoms with E-state index in [1.165, 1.54) is 0 Å². The summed E-state index contributed by atoms with van der Waals surface area (Å²) in [7, 11) is -2.97. The highest BCUT2D eigenvalue weighted by Crippen LogP contribution is 2.59. The number of nitrogens with zero attached hydrogens (tertiary/aromatic N) is 3. The normalized spacial score (nSPS) is 24.2. The highest BCUT2D eigenvalue weighted by Gasteiger charge is 2.66. The number of aliphatic hydroxyl groups is 1. The van der Waals surface area contributed by atoms with Gasteiger partial charge >= 0.3 is 0 Å². The molecule has 0 radical (unpaired) electrons. The van der Waals surface area contributed by atoms with Crippen molar-refractivity contribution in [3.63, 3.8) is 0 Å². The van der Waals surface area contributed by atoms with E-state index in [1.54, 1.807) is 9.80 Å². The number of fused-ring (bicyclic) bond motifs is 2. The van der Waals surface area contributed by atoms with E-state index < -0.39 is 31.5 Å². The molecule has 0 bridgehead atoms. The molecule has 6 rings (SSSR count). The Morgan fingerprint density at radius 2 is 1.72 bits per heavy atom. The van der Waals surface area contributed by atoms with Crippen molar-refractivity contribution in [2.24, 2.45) is 5.92 Å². The summed E-state index contributed by atoms with van der Waals surface area (Å²) in [5.74, 6) is -0.685. The van der Waals surface area contributed by atoms with Crippen LogP contribution in [0.4, 0.5) is 11.4 Å². The molecule has 2 saturated heterocycles. The van der Waals surface area contributed by atoms with Crippen molar-refractivity contribution in [3.05, 3.63) is 95.6 Å². The number of anilines is 2. The SMILES string of the molecule is C[C@H]1[C@H]([Si](C)(C)O)[C@@H](CC(=O)N(CCO)Cc2ccccc2)O[C@]12C(=O)N(Cc1cccc(N3CCCCC3=O)c1)c1ccccc12. The summed E-state index contributed by atoms with van der Waals surface area (Å²) in [6.45, 7) is 6.97. The monoisotopic (exact) mass is 655 g/mol. The van der Waals surface area contributed by atoms with Crippen LogP contribution in [0.15, 0.2) is 78.9 Å². The number of carbonyl (C=O) groups is 3. The van der Waals surface area contributed by atoms with Crippen LogP contribution in [-0.4, -0.2) is 66.6 Å². The van der Waals surface area contributed by atoms with Crippen LogP contribution >= 0.6 is 0 Å². The fourth-order valence-electron chi connectivity index (χ4n) is 7.99. The molecule has 0 aliphatic carbocycles. The average Bonchev–Trinajstić information content (AvgIpc) is 3.48. The van der Waals surface area contributed by atoms with Crippen molar-refractivity contribution < 1.29 is 29.0 Å². The van der Waals surface area contributed by atoms with Crippen LogP contribution in [0.25, 0.3) is 0 Å². The highest BCUT2D eigenvalue weighted by atomic mass is 28.4. The second-order valence-electron chi connectivity index (χ2n) is 13.7. The van der Waals surface area contributed by atoms with Crippen LogP contribution in [0.3, 0.4) is 0 Å². The first-order chi connectivity index (χ1) is 22.5. The van der Waals surface area contributed by atoms with E-state index in [-0.39, 0.29) is 37.3 Å². The van der Waals surface area contributed by atoms with Crippen molar-refractivity contribution in [1.29, 1.82) is 0 Å². The van der Waals surface area contributed by atoms with E-state index in [0.717, 1.165) is 40.9 Å². The number of piperidine rings is 1. The smallest absolute Gasteiger partial charge is 0.264 e. The average molecular weight is 656 g/mol. The van der Waals surface area contributed by atoms with Crippen molar-refractivity contribution in [2.75, 3.05) is 29.5 Å². The van der Waals surface area contributed by atoms with Crippen LogP contribution in [0, 0.1) is 5.92 Å². The maximum Gasteiger partial charge on any atom is 0.264 e. The number of benzene rings is 3. The first-order valence-electron chi connectivity index (χ1n) is 16.7. The van der Waals surface area contributed by atoms with Gasteiger partial charge in [0.05, 0.1) is 31.4 Å². The molecule has 47 heavy (non-hydrogen) atoms. The lowest BCUT2D eigenvalue weighted by Crippen LogP contribution is -2.46. The van der Waals surface area contributed by atoms with E-state index >= 15 is 0 Å². The van der Waals surface area contributed by atoms with Gasteiger partial charge in [0.2, 0.25) is 11.8 Å².